The Balaban J connectivity index is 0.00000180. The molecule has 0 atom stereocenters. The molecule has 0 bridgehead atoms. The van der Waals surface area contributed by atoms with Crippen molar-refractivity contribution in [3.05, 3.63) is 29.8 Å². The van der Waals surface area contributed by atoms with E-state index in [1.807, 2.05) is 0 Å². The van der Waals surface area contributed by atoms with Crippen LogP contribution in [0.5, 0.6) is 0 Å². The van der Waals surface area contributed by atoms with E-state index in [4.69, 9.17) is 5.73 Å². The molecule has 1 saturated carbocycles. The Hall–Kier alpha value is -1.20. The van der Waals surface area contributed by atoms with Gasteiger partial charge in [0.1, 0.15) is 11.6 Å². The van der Waals surface area contributed by atoms with Crippen LogP contribution in [0.1, 0.15) is 25.7 Å². The highest BCUT2D eigenvalue weighted by Crippen LogP contribution is 2.38. The van der Waals surface area contributed by atoms with Crippen LogP contribution in [0, 0.1) is 17.0 Å². The van der Waals surface area contributed by atoms with E-state index in [0.29, 0.717) is 0 Å². The lowest BCUT2D eigenvalue weighted by molar-refractivity contribution is -0.124. The van der Waals surface area contributed by atoms with Crippen molar-refractivity contribution in [1.82, 2.24) is 0 Å². The molecule has 1 aromatic carbocycles. The average molecular weight is 291 g/mol. The molecule has 0 saturated heterocycles. The van der Waals surface area contributed by atoms with Gasteiger partial charge in [-0.15, -0.1) is 12.4 Å². The van der Waals surface area contributed by atoms with Crippen molar-refractivity contribution in [3.8, 4) is 0 Å². The van der Waals surface area contributed by atoms with Crippen LogP contribution < -0.4 is 11.1 Å². The maximum atomic E-state index is 13.0. The Morgan fingerprint density at radius 2 is 1.74 bits per heavy atom. The molecule has 1 aliphatic rings. The number of amides is 1. The number of benzene rings is 1. The van der Waals surface area contributed by atoms with Gasteiger partial charge in [0.25, 0.3) is 0 Å². The van der Waals surface area contributed by atoms with E-state index in [0.717, 1.165) is 43.9 Å². The first-order valence-electron chi connectivity index (χ1n) is 6.03. The van der Waals surface area contributed by atoms with Crippen molar-refractivity contribution in [2.24, 2.45) is 11.1 Å². The summed E-state index contributed by atoms with van der Waals surface area (Å²) in [4.78, 5) is 12.2. The Labute approximate surface area is 117 Å². The van der Waals surface area contributed by atoms with Crippen molar-refractivity contribution in [2.45, 2.75) is 25.7 Å². The minimum Gasteiger partial charge on any atom is -0.329 e. The van der Waals surface area contributed by atoms with E-state index in [-0.39, 0.29) is 30.5 Å². The van der Waals surface area contributed by atoms with E-state index >= 15 is 0 Å². The lowest BCUT2D eigenvalue weighted by atomic mass is 9.85. The van der Waals surface area contributed by atoms with Crippen LogP contribution in [0.15, 0.2) is 18.2 Å². The average Bonchev–Trinajstić information content (AvgIpc) is 2.77. The van der Waals surface area contributed by atoms with Crippen molar-refractivity contribution in [3.63, 3.8) is 0 Å². The van der Waals surface area contributed by atoms with Crippen molar-refractivity contribution >= 4 is 24.0 Å². The zero-order valence-electron chi connectivity index (χ0n) is 10.4. The lowest BCUT2D eigenvalue weighted by Crippen LogP contribution is -2.40. The number of hydrogen-bond donors (Lipinski definition) is 2. The molecule has 0 spiro atoms. The first-order chi connectivity index (χ1) is 8.55. The molecule has 2 rings (SSSR count). The first kappa shape index (κ1) is 15.9. The van der Waals surface area contributed by atoms with Gasteiger partial charge >= 0.3 is 0 Å². The van der Waals surface area contributed by atoms with Gasteiger partial charge in [-0.05, 0) is 25.0 Å². The number of carbonyl (C=O) groups excluding carboxylic acids is 1. The minimum absolute atomic E-state index is 0. The molecule has 19 heavy (non-hydrogen) atoms. The minimum atomic E-state index is -0.710. The van der Waals surface area contributed by atoms with Crippen LogP contribution in [-0.4, -0.2) is 12.5 Å². The molecule has 1 amide bonds. The van der Waals surface area contributed by atoms with Gasteiger partial charge in [-0.3, -0.25) is 4.79 Å². The third-order valence-corrected chi connectivity index (χ3v) is 3.55. The Morgan fingerprint density at radius 3 is 2.21 bits per heavy atom. The summed E-state index contributed by atoms with van der Waals surface area (Å²) >= 11 is 0. The highest BCUT2D eigenvalue weighted by molar-refractivity contribution is 5.95. The van der Waals surface area contributed by atoms with Crippen LogP contribution >= 0.6 is 12.4 Å². The fraction of sp³-hybridized carbons (Fsp3) is 0.462. The van der Waals surface area contributed by atoms with Gasteiger partial charge in [0, 0.05) is 18.3 Å². The summed E-state index contributed by atoms with van der Waals surface area (Å²) in [5, 5.41) is 2.56. The maximum Gasteiger partial charge on any atom is 0.231 e. The molecule has 6 heteroatoms. The zero-order chi connectivity index (χ0) is 13.2. The summed E-state index contributed by atoms with van der Waals surface area (Å²) < 4.78 is 26.0. The molecule has 1 aromatic rings. The fourth-order valence-electron chi connectivity index (χ4n) is 2.47. The monoisotopic (exact) mass is 290 g/mol. The quantitative estimate of drug-likeness (QED) is 0.899. The van der Waals surface area contributed by atoms with Gasteiger partial charge in [-0.2, -0.15) is 0 Å². The molecule has 1 aliphatic carbocycles. The molecule has 0 heterocycles. The third kappa shape index (κ3) is 3.42. The molecule has 3 N–H and O–H groups in total. The van der Waals surface area contributed by atoms with Crippen molar-refractivity contribution < 1.29 is 13.6 Å². The molecule has 3 nitrogen and oxygen atoms in total. The van der Waals surface area contributed by atoms with Crippen LogP contribution in [0.2, 0.25) is 0 Å². The molecule has 0 aromatic heterocycles. The number of nitrogens with one attached hydrogen (secondary N) is 1. The van der Waals surface area contributed by atoms with Gasteiger partial charge in [-0.25, -0.2) is 8.78 Å². The van der Waals surface area contributed by atoms with Crippen LogP contribution in [0.25, 0.3) is 0 Å². The van der Waals surface area contributed by atoms with Gasteiger partial charge in [0.2, 0.25) is 5.91 Å². The summed E-state index contributed by atoms with van der Waals surface area (Å²) in [7, 11) is 0. The molecular weight excluding hydrogens is 274 g/mol. The predicted octanol–water partition coefficient (Wildman–Crippen LogP) is 2.84. The second kappa shape index (κ2) is 6.30. The summed E-state index contributed by atoms with van der Waals surface area (Å²) in [5.74, 6) is -1.66. The van der Waals surface area contributed by atoms with Gasteiger partial charge in [-0.1, -0.05) is 12.8 Å². The summed E-state index contributed by atoms with van der Waals surface area (Å²) in [6.45, 7) is 0.261. The maximum absolute atomic E-state index is 13.0. The number of carbonyl (C=O) groups is 1. The largest absolute Gasteiger partial charge is 0.329 e. The second-order valence-corrected chi connectivity index (χ2v) is 4.80. The van der Waals surface area contributed by atoms with Crippen LogP contribution in [-0.2, 0) is 4.79 Å². The first-order valence-corrected chi connectivity index (χ1v) is 6.03. The SMILES string of the molecule is Cl.NCC1(C(=O)Nc2cc(F)cc(F)c2)CCCC1. The van der Waals surface area contributed by atoms with E-state index in [9.17, 15) is 13.6 Å². The van der Waals surface area contributed by atoms with Crippen molar-refractivity contribution in [2.75, 3.05) is 11.9 Å². The normalized spacial score (nSPS) is 16.8. The number of nitrogens with two attached hydrogens (primary N) is 1. The van der Waals surface area contributed by atoms with Gasteiger partial charge in [0.15, 0.2) is 0 Å². The molecule has 0 aliphatic heterocycles. The standard InChI is InChI=1S/C13H16F2N2O.ClH/c14-9-5-10(15)7-11(6-9)17-12(18)13(8-16)3-1-2-4-13;/h5-7H,1-4,8,16H2,(H,17,18);1H. The van der Waals surface area contributed by atoms with Gasteiger partial charge < -0.3 is 11.1 Å². The highest BCUT2D eigenvalue weighted by atomic mass is 35.5. The molecule has 106 valence electrons. The zero-order valence-corrected chi connectivity index (χ0v) is 11.2. The van der Waals surface area contributed by atoms with Crippen molar-refractivity contribution in [1.29, 1.82) is 0 Å². The Bertz CT molecular complexity index is 442. The fourth-order valence-corrected chi connectivity index (χ4v) is 2.47. The molecular formula is C13H17ClF2N2O. The smallest absolute Gasteiger partial charge is 0.231 e. The van der Waals surface area contributed by atoms with E-state index in [1.54, 1.807) is 0 Å². The van der Waals surface area contributed by atoms with Gasteiger partial charge in [0.05, 0.1) is 5.41 Å². The number of anilines is 1. The highest BCUT2D eigenvalue weighted by Gasteiger charge is 2.39. The predicted molar refractivity (Wildman–Crippen MR) is 72.2 cm³/mol. The lowest BCUT2D eigenvalue weighted by Gasteiger charge is -2.25. The summed E-state index contributed by atoms with van der Waals surface area (Å²) in [5.41, 5.74) is 5.23. The Morgan fingerprint density at radius 1 is 1.21 bits per heavy atom. The van der Waals surface area contributed by atoms with Crippen LogP contribution in [0.3, 0.4) is 0 Å². The van der Waals surface area contributed by atoms with Crippen LogP contribution in [0.4, 0.5) is 14.5 Å². The van der Waals surface area contributed by atoms with E-state index < -0.39 is 17.0 Å². The van der Waals surface area contributed by atoms with E-state index in [2.05, 4.69) is 5.32 Å². The molecule has 0 unspecified atom stereocenters. The third-order valence-electron chi connectivity index (χ3n) is 3.55. The molecule has 0 radical (unpaired) electrons. The topological polar surface area (TPSA) is 55.1 Å². The number of halogens is 3. The second-order valence-electron chi connectivity index (χ2n) is 4.80. The number of rotatable bonds is 3. The summed E-state index contributed by atoms with van der Waals surface area (Å²) in [6.07, 6.45) is 3.38. The van der Waals surface area contributed by atoms with E-state index in [1.165, 1.54) is 0 Å². The summed E-state index contributed by atoms with van der Waals surface area (Å²) in [6, 6.07) is 2.96. The molecule has 1 fully saturated rings. The Kier molecular flexibility index (Phi) is 5.26. The number of hydrogen-bond acceptors (Lipinski definition) is 2.